The maximum absolute atomic E-state index is 13.4. The molecule has 1 unspecified atom stereocenters. The van der Waals surface area contributed by atoms with Crippen molar-refractivity contribution in [3.8, 4) is 5.75 Å². The Bertz CT molecular complexity index is 1220. The van der Waals surface area contributed by atoms with Gasteiger partial charge in [0.05, 0.1) is 17.0 Å². The summed E-state index contributed by atoms with van der Waals surface area (Å²) in [6.45, 7) is 4.81. The highest BCUT2D eigenvalue weighted by atomic mass is 35.5. The van der Waals surface area contributed by atoms with Crippen LogP contribution in [0.5, 0.6) is 5.75 Å². The molecule has 3 fully saturated rings. The molecule has 1 amide bonds. The van der Waals surface area contributed by atoms with Gasteiger partial charge in [0.15, 0.2) is 0 Å². The van der Waals surface area contributed by atoms with Gasteiger partial charge in [0.1, 0.15) is 5.75 Å². The fourth-order valence-corrected chi connectivity index (χ4v) is 6.59. The minimum Gasteiger partial charge on any atom is -0.489 e. The molecular weight excluding hydrogens is 490 g/mol. The van der Waals surface area contributed by atoms with Crippen LogP contribution in [0.2, 0.25) is 5.02 Å². The number of amides is 1. The van der Waals surface area contributed by atoms with E-state index in [1.165, 1.54) is 28.6 Å². The molecule has 0 bridgehead atoms. The normalized spacial score (nSPS) is 21.2. The fourth-order valence-electron chi connectivity index (χ4n) is 5.52. The predicted molar refractivity (Wildman–Crippen MR) is 149 cm³/mol. The van der Waals surface area contributed by atoms with Crippen molar-refractivity contribution in [1.82, 2.24) is 10.2 Å². The Morgan fingerprint density at radius 1 is 1.08 bits per heavy atom. The Hall–Kier alpha value is -2.28. The summed E-state index contributed by atoms with van der Waals surface area (Å²) in [4.78, 5) is 18.3. The molecule has 7 heteroatoms. The highest BCUT2D eigenvalue weighted by Crippen LogP contribution is 2.33. The Morgan fingerprint density at radius 2 is 1.94 bits per heavy atom. The first-order chi connectivity index (χ1) is 17.6. The molecule has 1 aliphatic carbocycles. The number of benzene rings is 2. The number of carbonyl (C=O) groups is 1. The molecule has 0 radical (unpaired) electrons. The SMILES string of the molecule is O=C(NC(Cc1ccc(OC2CC2)c(Cl)c1)CN1CCCC1)[C@@H]1CCN(c2ccc3ccsc3c2)C1. The Kier molecular flexibility index (Phi) is 7.09. The number of halogens is 1. The summed E-state index contributed by atoms with van der Waals surface area (Å²) in [7, 11) is 0. The van der Waals surface area contributed by atoms with E-state index in [4.69, 9.17) is 16.3 Å². The molecular formula is C29H34ClN3O2S. The van der Waals surface area contributed by atoms with Gasteiger partial charge < -0.3 is 19.9 Å². The first-order valence-corrected chi connectivity index (χ1v) is 14.6. The number of hydrogen-bond acceptors (Lipinski definition) is 5. The van der Waals surface area contributed by atoms with E-state index in [9.17, 15) is 4.79 Å². The lowest BCUT2D eigenvalue weighted by molar-refractivity contribution is -0.125. The number of anilines is 1. The zero-order valence-corrected chi connectivity index (χ0v) is 22.2. The van der Waals surface area contributed by atoms with Crippen LogP contribution in [-0.2, 0) is 11.2 Å². The maximum atomic E-state index is 13.4. The average Bonchev–Trinajstić information content (AvgIpc) is 3.27. The van der Waals surface area contributed by atoms with Crippen LogP contribution in [0.1, 0.15) is 37.7 Å². The zero-order valence-electron chi connectivity index (χ0n) is 20.6. The quantitative estimate of drug-likeness (QED) is 0.388. The average molecular weight is 524 g/mol. The molecule has 2 saturated heterocycles. The topological polar surface area (TPSA) is 44.8 Å². The molecule has 6 rings (SSSR count). The van der Waals surface area contributed by atoms with E-state index in [0.29, 0.717) is 11.1 Å². The summed E-state index contributed by atoms with van der Waals surface area (Å²) in [5, 5.41) is 7.52. The van der Waals surface area contributed by atoms with Crippen molar-refractivity contribution >= 4 is 44.6 Å². The summed E-state index contributed by atoms with van der Waals surface area (Å²) in [6, 6.07) is 15.0. The van der Waals surface area contributed by atoms with Crippen LogP contribution in [0.3, 0.4) is 0 Å². The Balaban J connectivity index is 1.11. The van der Waals surface area contributed by atoms with Crippen molar-refractivity contribution < 1.29 is 9.53 Å². The Morgan fingerprint density at radius 3 is 2.75 bits per heavy atom. The number of nitrogens with one attached hydrogen (secondary N) is 1. The van der Waals surface area contributed by atoms with Gasteiger partial charge in [0.2, 0.25) is 5.91 Å². The highest BCUT2D eigenvalue weighted by Gasteiger charge is 2.31. The molecule has 2 atom stereocenters. The van der Waals surface area contributed by atoms with Gasteiger partial charge in [-0.15, -0.1) is 11.3 Å². The molecule has 2 aromatic carbocycles. The van der Waals surface area contributed by atoms with Gasteiger partial charge in [-0.3, -0.25) is 4.79 Å². The molecule has 3 heterocycles. The van der Waals surface area contributed by atoms with Crippen LogP contribution in [0.15, 0.2) is 47.8 Å². The molecule has 1 N–H and O–H groups in total. The Labute approximate surface area is 222 Å². The third-order valence-corrected chi connectivity index (χ3v) is 8.86. The molecule has 3 aliphatic rings. The van der Waals surface area contributed by atoms with Gasteiger partial charge in [0, 0.05) is 36.1 Å². The summed E-state index contributed by atoms with van der Waals surface area (Å²) < 4.78 is 7.21. The van der Waals surface area contributed by atoms with Crippen LogP contribution in [0, 0.1) is 5.92 Å². The zero-order chi connectivity index (χ0) is 24.5. The predicted octanol–water partition coefficient (Wildman–Crippen LogP) is 5.75. The number of nitrogens with zero attached hydrogens (tertiary/aromatic N) is 2. The summed E-state index contributed by atoms with van der Waals surface area (Å²) in [5.41, 5.74) is 2.36. The summed E-state index contributed by atoms with van der Waals surface area (Å²) in [5.74, 6) is 0.969. The third-order valence-electron chi connectivity index (χ3n) is 7.68. The van der Waals surface area contributed by atoms with Crippen LogP contribution >= 0.6 is 22.9 Å². The van der Waals surface area contributed by atoms with E-state index >= 15 is 0 Å². The van der Waals surface area contributed by atoms with E-state index in [2.05, 4.69) is 50.8 Å². The van der Waals surface area contributed by atoms with E-state index in [-0.39, 0.29) is 17.9 Å². The van der Waals surface area contributed by atoms with E-state index < -0.39 is 0 Å². The molecule has 190 valence electrons. The number of ether oxygens (including phenoxy) is 1. The number of fused-ring (bicyclic) bond motifs is 1. The number of likely N-dealkylation sites (tertiary alicyclic amines) is 1. The van der Waals surface area contributed by atoms with Crippen molar-refractivity contribution in [3.05, 3.63) is 58.4 Å². The number of thiophene rings is 1. The van der Waals surface area contributed by atoms with Crippen LogP contribution in [-0.4, -0.2) is 55.7 Å². The van der Waals surface area contributed by atoms with E-state index in [1.807, 2.05) is 12.1 Å². The molecule has 0 spiro atoms. The lowest BCUT2D eigenvalue weighted by Gasteiger charge is -2.26. The van der Waals surface area contributed by atoms with Gasteiger partial charge in [0.25, 0.3) is 0 Å². The van der Waals surface area contributed by atoms with E-state index in [0.717, 1.165) is 69.7 Å². The van der Waals surface area contributed by atoms with Crippen molar-refractivity contribution in [3.63, 3.8) is 0 Å². The van der Waals surface area contributed by atoms with Gasteiger partial charge in [-0.25, -0.2) is 0 Å². The largest absolute Gasteiger partial charge is 0.489 e. The molecule has 36 heavy (non-hydrogen) atoms. The molecule has 2 aliphatic heterocycles. The number of rotatable bonds is 9. The fraction of sp³-hybridized carbons (Fsp3) is 0.483. The van der Waals surface area contributed by atoms with Crippen molar-refractivity contribution in [2.45, 2.75) is 50.7 Å². The second-order valence-corrected chi connectivity index (χ2v) is 11.9. The van der Waals surface area contributed by atoms with Crippen molar-refractivity contribution in [2.75, 3.05) is 37.6 Å². The van der Waals surface area contributed by atoms with Gasteiger partial charge in [-0.2, -0.15) is 0 Å². The smallest absolute Gasteiger partial charge is 0.225 e. The number of carbonyl (C=O) groups excluding carboxylic acids is 1. The first kappa shape index (κ1) is 24.1. The van der Waals surface area contributed by atoms with Crippen molar-refractivity contribution in [2.24, 2.45) is 5.92 Å². The van der Waals surface area contributed by atoms with Crippen LogP contribution in [0.25, 0.3) is 10.1 Å². The molecule has 1 saturated carbocycles. The lowest BCUT2D eigenvalue weighted by Crippen LogP contribution is -2.46. The van der Waals surface area contributed by atoms with E-state index in [1.54, 1.807) is 11.3 Å². The first-order valence-electron chi connectivity index (χ1n) is 13.3. The minimum absolute atomic E-state index is 0.0167. The second kappa shape index (κ2) is 10.6. The van der Waals surface area contributed by atoms with Gasteiger partial charge in [-0.1, -0.05) is 23.7 Å². The highest BCUT2D eigenvalue weighted by molar-refractivity contribution is 7.17. The number of hydrogen-bond donors (Lipinski definition) is 1. The monoisotopic (exact) mass is 523 g/mol. The minimum atomic E-state index is 0.0167. The van der Waals surface area contributed by atoms with Crippen LogP contribution < -0.4 is 15.0 Å². The molecule has 1 aromatic heterocycles. The maximum Gasteiger partial charge on any atom is 0.225 e. The molecule has 3 aromatic rings. The van der Waals surface area contributed by atoms with Crippen LogP contribution in [0.4, 0.5) is 5.69 Å². The molecule has 5 nitrogen and oxygen atoms in total. The second-order valence-electron chi connectivity index (χ2n) is 10.6. The van der Waals surface area contributed by atoms with Crippen molar-refractivity contribution in [1.29, 1.82) is 0 Å². The summed E-state index contributed by atoms with van der Waals surface area (Å²) >= 11 is 8.31. The summed E-state index contributed by atoms with van der Waals surface area (Å²) in [6.07, 6.45) is 6.71. The van der Waals surface area contributed by atoms with Gasteiger partial charge in [-0.05, 0) is 98.3 Å². The van der Waals surface area contributed by atoms with Gasteiger partial charge >= 0.3 is 0 Å². The lowest BCUT2D eigenvalue weighted by atomic mass is 10.0. The standard InChI is InChI=1S/C29H34ClN3O2S/c30-26-16-20(3-8-27(26)35-25-6-7-25)15-23(19-32-11-1-2-12-32)31-29(34)22-9-13-33(18-22)24-5-4-21-10-14-36-28(21)17-24/h3-5,8,10,14,16-17,22-23,25H,1-2,6-7,9,11-13,15,18-19H2,(H,31,34)/t22-,23?/m1/s1. The third kappa shape index (κ3) is 5.66.